The van der Waals surface area contributed by atoms with E-state index in [1.807, 2.05) is 12.3 Å². The summed E-state index contributed by atoms with van der Waals surface area (Å²) in [5.41, 5.74) is 2.10. The SMILES string of the molecule is c1cnc2c(c1)nc(CC1CCCS1)n2C1CCCCN1. The molecule has 2 aromatic rings. The number of rotatable bonds is 3. The van der Waals surface area contributed by atoms with Crippen LogP contribution in [0, 0.1) is 0 Å². The topological polar surface area (TPSA) is 42.7 Å². The Morgan fingerprint density at radius 1 is 1.29 bits per heavy atom. The first-order valence-electron chi connectivity index (χ1n) is 8.08. The van der Waals surface area contributed by atoms with Crippen molar-refractivity contribution in [1.82, 2.24) is 19.9 Å². The summed E-state index contributed by atoms with van der Waals surface area (Å²) < 4.78 is 2.38. The molecule has 4 heterocycles. The van der Waals surface area contributed by atoms with E-state index < -0.39 is 0 Å². The molecule has 0 amide bonds. The number of nitrogens with zero attached hydrogens (tertiary/aromatic N) is 3. The van der Waals surface area contributed by atoms with E-state index in [-0.39, 0.29) is 0 Å². The lowest BCUT2D eigenvalue weighted by Crippen LogP contribution is -2.32. The summed E-state index contributed by atoms with van der Waals surface area (Å²) in [7, 11) is 0. The van der Waals surface area contributed by atoms with Gasteiger partial charge in [0.05, 0.1) is 6.17 Å². The monoisotopic (exact) mass is 302 g/mol. The summed E-state index contributed by atoms with van der Waals surface area (Å²) in [5.74, 6) is 2.53. The number of hydrogen-bond donors (Lipinski definition) is 1. The Labute approximate surface area is 129 Å². The number of fused-ring (bicyclic) bond motifs is 1. The Morgan fingerprint density at radius 3 is 3.10 bits per heavy atom. The zero-order chi connectivity index (χ0) is 14.1. The van der Waals surface area contributed by atoms with E-state index in [1.54, 1.807) is 0 Å². The van der Waals surface area contributed by atoms with Crippen LogP contribution < -0.4 is 5.32 Å². The predicted molar refractivity (Wildman–Crippen MR) is 87.6 cm³/mol. The molecule has 0 spiro atoms. The first-order valence-corrected chi connectivity index (χ1v) is 9.13. The van der Waals surface area contributed by atoms with E-state index in [0.717, 1.165) is 29.4 Å². The van der Waals surface area contributed by atoms with Gasteiger partial charge >= 0.3 is 0 Å². The van der Waals surface area contributed by atoms with Gasteiger partial charge in [-0.3, -0.25) is 9.88 Å². The van der Waals surface area contributed by atoms with Crippen molar-refractivity contribution in [1.29, 1.82) is 0 Å². The molecule has 112 valence electrons. The lowest BCUT2D eigenvalue weighted by Gasteiger charge is -2.27. The molecule has 2 aromatic heterocycles. The number of imidazole rings is 1. The van der Waals surface area contributed by atoms with Crippen LogP contribution in [0.5, 0.6) is 0 Å². The normalized spacial score (nSPS) is 26.5. The minimum Gasteiger partial charge on any atom is -0.297 e. The van der Waals surface area contributed by atoms with E-state index in [4.69, 9.17) is 4.98 Å². The van der Waals surface area contributed by atoms with Crippen molar-refractivity contribution < 1.29 is 0 Å². The molecule has 0 aromatic carbocycles. The summed E-state index contributed by atoms with van der Waals surface area (Å²) >= 11 is 2.11. The zero-order valence-electron chi connectivity index (χ0n) is 12.3. The van der Waals surface area contributed by atoms with Gasteiger partial charge in [-0.05, 0) is 56.5 Å². The molecule has 0 saturated carbocycles. The largest absolute Gasteiger partial charge is 0.297 e. The van der Waals surface area contributed by atoms with Crippen molar-refractivity contribution in [2.45, 2.75) is 49.9 Å². The molecule has 4 nitrogen and oxygen atoms in total. The average Bonchev–Trinajstić information content (AvgIpc) is 3.15. The van der Waals surface area contributed by atoms with Crippen molar-refractivity contribution in [3.63, 3.8) is 0 Å². The van der Waals surface area contributed by atoms with Crippen LogP contribution in [0.3, 0.4) is 0 Å². The van der Waals surface area contributed by atoms with E-state index in [9.17, 15) is 0 Å². The lowest BCUT2D eigenvalue weighted by molar-refractivity contribution is 0.318. The maximum Gasteiger partial charge on any atom is 0.161 e. The van der Waals surface area contributed by atoms with Crippen LogP contribution in [0.25, 0.3) is 11.2 Å². The van der Waals surface area contributed by atoms with Crippen molar-refractivity contribution in [3.8, 4) is 0 Å². The van der Waals surface area contributed by atoms with Crippen LogP contribution >= 0.6 is 11.8 Å². The number of aromatic nitrogens is 3. The lowest BCUT2D eigenvalue weighted by atomic mass is 10.1. The first kappa shape index (κ1) is 13.6. The van der Waals surface area contributed by atoms with Gasteiger partial charge in [-0.25, -0.2) is 9.97 Å². The second-order valence-corrected chi connectivity index (χ2v) is 7.46. The molecule has 2 fully saturated rings. The fraction of sp³-hybridized carbons (Fsp3) is 0.625. The Hall–Kier alpha value is -1.07. The molecule has 2 saturated heterocycles. The molecule has 1 N–H and O–H groups in total. The Morgan fingerprint density at radius 2 is 2.29 bits per heavy atom. The molecule has 21 heavy (non-hydrogen) atoms. The third kappa shape index (κ3) is 2.69. The number of thioether (sulfide) groups is 1. The highest BCUT2D eigenvalue weighted by atomic mass is 32.2. The molecule has 0 radical (unpaired) electrons. The highest BCUT2D eigenvalue weighted by molar-refractivity contribution is 8.00. The Bertz CT molecular complexity index is 612. The highest BCUT2D eigenvalue weighted by Gasteiger charge is 2.25. The van der Waals surface area contributed by atoms with Crippen LogP contribution in [0.1, 0.15) is 44.1 Å². The minimum absolute atomic E-state index is 0.375. The summed E-state index contributed by atoms with van der Waals surface area (Å²) in [6.07, 6.45) is 9.80. The van der Waals surface area contributed by atoms with Gasteiger partial charge in [0, 0.05) is 17.9 Å². The first-order chi connectivity index (χ1) is 10.4. The van der Waals surface area contributed by atoms with Crippen LogP contribution in [0.15, 0.2) is 18.3 Å². The maximum atomic E-state index is 4.90. The van der Waals surface area contributed by atoms with Gasteiger partial charge in [-0.1, -0.05) is 0 Å². The predicted octanol–water partition coefficient (Wildman–Crippen LogP) is 3.14. The van der Waals surface area contributed by atoms with Crippen LogP contribution in [0.4, 0.5) is 0 Å². The quantitative estimate of drug-likeness (QED) is 0.946. The Balaban J connectivity index is 1.72. The van der Waals surface area contributed by atoms with Gasteiger partial charge < -0.3 is 0 Å². The molecule has 5 heteroatoms. The number of pyridine rings is 1. The third-order valence-electron chi connectivity index (χ3n) is 4.55. The molecule has 2 unspecified atom stereocenters. The second-order valence-electron chi connectivity index (χ2n) is 6.05. The van der Waals surface area contributed by atoms with Gasteiger partial charge in [0.1, 0.15) is 11.3 Å². The Kier molecular flexibility index (Phi) is 3.86. The molecular formula is C16H22N4S. The van der Waals surface area contributed by atoms with Crippen molar-refractivity contribution in [2.75, 3.05) is 12.3 Å². The molecule has 2 atom stereocenters. The van der Waals surface area contributed by atoms with Gasteiger partial charge in [-0.15, -0.1) is 0 Å². The van der Waals surface area contributed by atoms with E-state index >= 15 is 0 Å². The summed E-state index contributed by atoms with van der Waals surface area (Å²) in [5, 5.41) is 4.40. The average molecular weight is 302 g/mol. The second kappa shape index (κ2) is 5.97. The highest BCUT2D eigenvalue weighted by Crippen LogP contribution is 2.31. The van der Waals surface area contributed by atoms with Gasteiger partial charge in [0.15, 0.2) is 5.65 Å². The van der Waals surface area contributed by atoms with Gasteiger partial charge in [0.2, 0.25) is 0 Å². The summed E-state index contributed by atoms with van der Waals surface area (Å²) in [6.45, 7) is 1.11. The van der Waals surface area contributed by atoms with Crippen LogP contribution in [-0.2, 0) is 6.42 Å². The molecule has 0 aliphatic carbocycles. The van der Waals surface area contributed by atoms with Crippen molar-refractivity contribution in [2.24, 2.45) is 0 Å². The fourth-order valence-electron chi connectivity index (χ4n) is 3.51. The van der Waals surface area contributed by atoms with Crippen molar-refractivity contribution >= 4 is 22.9 Å². The zero-order valence-corrected chi connectivity index (χ0v) is 13.1. The van der Waals surface area contributed by atoms with Crippen molar-refractivity contribution in [3.05, 3.63) is 24.2 Å². The van der Waals surface area contributed by atoms with Crippen LogP contribution in [-0.4, -0.2) is 32.1 Å². The summed E-state index contributed by atoms with van der Waals surface area (Å²) in [4.78, 5) is 9.50. The minimum atomic E-state index is 0.375. The molecular weight excluding hydrogens is 280 g/mol. The third-order valence-corrected chi connectivity index (χ3v) is 5.95. The van der Waals surface area contributed by atoms with E-state index in [1.165, 1.54) is 43.7 Å². The molecule has 2 aliphatic rings. The van der Waals surface area contributed by atoms with Gasteiger partial charge in [0.25, 0.3) is 0 Å². The smallest absolute Gasteiger partial charge is 0.161 e. The van der Waals surface area contributed by atoms with E-state index in [0.29, 0.717) is 6.17 Å². The number of nitrogens with one attached hydrogen (secondary N) is 1. The number of hydrogen-bond acceptors (Lipinski definition) is 4. The van der Waals surface area contributed by atoms with E-state index in [2.05, 4.69) is 32.7 Å². The maximum absolute atomic E-state index is 4.90. The van der Waals surface area contributed by atoms with Gasteiger partial charge in [-0.2, -0.15) is 11.8 Å². The molecule has 0 bridgehead atoms. The number of piperidine rings is 1. The fourth-order valence-corrected chi connectivity index (χ4v) is 4.78. The molecule has 2 aliphatic heterocycles. The molecule has 4 rings (SSSR count). The summed E-state index contributed by atoms with van der Waals surface area (Å²) in [6, 6.07) is 4.08. The van der Waals surface area contributed by atoms with Crippen LogP contribution in [0.2, 0.25) is 0 Å². The standard InChI is InChI=1S/C16H22N4S/c1-2-8-17-14(7-1)20-15(11-12-5-4-10-21-12)19-13-6-3-9-18-16(13)20/h3,6,9,12,14,17H,1-2,4-5,7-8,10-11H2.